The molecule has 0 aliphatic heterocycles. The number of rotatable bonds is 3. The lowest BCUT2D eigenvalue weighted by Gasteiger charge is -2.38. The first-order valence-corrected chi connectivity index (χ1v) is 4.43. The molecular weight excluding hydrogens is 138 g/mol. The van der Waals surface area contributed by atoms with Gasteiger partial charge in [-0.1, -0.05) is 13.8 Å². The Morgan fingerprint density at radius 2 is 2.18 bits per heavy atom. The lowest BCUT2D eigenvalue weighted by Crippen LogP contribution is -2.55. The summed E-state index contributed by atoms with van der Waals surface area (Å²) >= 11 is 0. The third-order valence-corrected chi connectivity index (χ3v) is 2.80. The van der Waals surface area contributed by atoms with Crippen LogP contribution < -0.4 is 5.73 Å². The van der Waals surface area contributed by atoms with Crippen molar-refractivity contribution in [2.75, 3.05) is 0 Å². The molecule has 2 nitrogen and oxygen atoms in total. The molecule has 0 aromatic rings. The molecular formula is C9H17NO. The molecule has 1 fully saturated rings. The Kier molecular flexibility index (Phi) is 2.33. The molecule has 2 N–H and O–H groups in total. The zero-order valence-electron chi connectivity index (χ0n) is 7.39. The van der Waals surface area contributed by atoms with E-state index in [0.29, 0.717) is 0 Å². The molecule has 1 aliphatic carbocycles. The number of Topliss-reactive ketones (excluding diaryl/α,β-unsaturated/α-hetero) is 1. The third-order valence-electron chi connectivity index (χ3n) is 2.80. The summed E-state index contributed by atoms with van der Waals surface area (Å²) in [6.07, 6.45) is 3.84. The number of hydrogen-bond acceptors (Lipinski definition) is 2. The van der Waals surface area contributed by atoms with E-state index in [1.807, 2.05) is 13.8 Å². The fraction of sp³-hybridized carbons (Fsp3) is 0.889. The fourth-order valence-corrected chi connectivity index (χ4v) is 1.48. The zero-order valence-corrected chi connectivity index (χ0v) is 7.39. The van der Waals surface area contributed by atoms with Crippen molar-refractivity contribution in [1.29, 1.82) is 0 Å². The van der Waals surface area contributed by atoms with Crippen LogP contribution in [0.15, 0.2) is 0 Å². The molecule has 0 aromatic heterocycles. The summed E-state index contributed by atoms with van der Waals surface area (Å²) in [4.78, 5) is 11.6. The second kappa shape index (κ2) is 2.94. The van der Waals surface area contributed by atoms with Gasteiger partial charge in [0.2, 0.25) is 0 Å². The minimum absolute atomic E-state index is 0.153. The van der Waals surface area contributed by atoms with Gasteiger partial charge in [-0.15, -0.1) is 0 Å². The summed E-state index contributed by atoms with van der Waals surface area (Å²) in [5.41, 5.74) is 5.44. The van der Waals surface area contributed by atoms with Gasteiger partial charge < -0.3 is 5.73 Å². The highest BCUT2D eigenvalue weighted by atomic mass is 16.1. The molecule has 1 aliphatic rings. The minimum atomic E-state index is -0.435. The summed E-state index contributed by atoms with van der Waals surface area (Å²) in [6, 6.07) is 0. The van der Waals surface area contributed by atoms with Gasteiger partial charge in [0.05, 0.1) is 5.54 Å². The Bertz CT molecular complexity index is 161. The molecule has 64 valence electrons. The number of ketones is 1. The summed E-state index contributed by atoms with van der Waals surface area (Å²) in [5, 5.41) is 0. The van der Waals surface area contributed by atoms with Crippen LogP contribution in [0.3, 0.4) is 0 Å². The van der Waals surface area contributed by atoms with E-state index in [0.717, 1.165) is 25.7 Å². The van der Waals surface area contributed by atoms with Crippen molar-refractivity contribution < 1.29 is 4.79 Å². The average Bonchev–Trinajstić information content (AvgIpc) is 1.97. The Morgan fingerprint density at radius 1 is 1.64 bits per heavy atom. The number of carbonyl (C=O) groups is 1. The molecule has 0 spiro atoms. The van der Waals surface area contributed by atoms with Gasteiger partial charge in [0.15, 0.2) is 5.78 Å². The summed E-state index contributed by atoms with van der Waals surface area (Å²) in [5.74, 6) is 0.423. The SMILES string of the molecule is CCC(C)C(=O)C1(N)CCC1. The van der Waals surface area contributed by atoms with E-state index in [2.05, 4.69) is 0 Å². The van der Waals surface area contributed by atoms with Crippen LogP contribution in [0.2, 0.25) is 0 Å². The summed E-state index contributed by atoms with van der Waals surface area (Å²) in [6.45, 7) is 4.00. The minimum Gasteiger partial charge on any atom is -0.319 e. The second-order valence-corrected chi connectivity index (χ2v) is 3.68. The van der Waals surface area contributed by atoms with Gasteiger partial charge in [0.1, 0.15) is 0 Å². The van der Waals surface area contributed by atoms with Gasteiger partial charge in [-0.25, -0.2) is 0 Å². The maximum absolute atomic E-state index is 11.6. The van der Waals surface area contributed by atoms with Crippen LogP contribution >= 0.6 is 0 Å². The molecule has 0 aromatic carbocycles. The van der Waals surface area contributed by atoms with E-state index in [1.165, 1.54) is 0 Å². The Balaban J connectivity index is 2.52. The lowest BCUT2D eigenvalue weighted by molar-refractivity contribution is -0.130. The monoisotopic (exact) mass is 155 g/mol. The normalized spacial score (nSPS) is 23.9. The maximum atomic E-state index is 11.6. The first kappa shape index (κ1) is 8.72. The quantitative estimate of drug-likeness (QED) is 0.671. The maximum Gasteiger partial charge on any atom is 0.155 e. The Hall–Kier alpha value is -0.370. The van der Waals surface area contributed by atoms with Crippen molar-refractivity contribution in [3.05, 3.63) is 0 Å². The fourth-order valence-electron chi connectivity index (χ4n) is 1.48. The van der Waals surface area contributed by atoms with Crippen LogP contribution in [0.25, 0.3) is 0 Å². The van der Waals surface area contributed by atoms with Crippen molar-refractivity contribution in [1.82, 2.24) is 0 Å². The Labute approximate surface area is 68.2 Å². The van der Waals surface area contributed by atoms with Crippen LogP contribution in [0.4, 0.5) is 0 Å². The predicted molar refractivity (Wildman–Crippen MR) is 45.2 cm³/mol. The van der Waals surface area contributed by atoms with E-state index < -0.39 is 5.54 Å². The van der Waals surface area contributed by atoms with E-state index in [1.54, 1.807) is 0 Å². The van der Waals surface area contributed by atoms with E-state index in [-0.39, 0.29) is 11.7 Å². The van der Waals surface area contributed by atoms with E-state index >= 15 is 0 Å². The molecule has 1 saturated carbocycles. The molecule has 2 heteroatoms. The van der Waals surface area contributed by atoms with Crippen molar-refractivity contribution in [2.24, 2.45) is 11.7 Å². The smallest absolute Gasteiger partial charge is 0.155 e. The zero-order chi connectivity index (χ0) is 8.48. The van der Waals surface area contributed by atoms with Gasteiger partial charge in [-0.3, -0.25) is 4.79 Å². The van der Waals surface area contributed by atoms with Crippen LogP contribution in [0, 0.1) is 5.92 Å². The average molecular weight is 155 g/mol. The molecule has 0 amide bonds. The van der Waals surface area contributed by atoms with Crippen molar-refractivity contribution in [3.63, 3.8) is 0 Å². The lowest BCUT2D eigenvalue weighted by atomic mass is 9.71. The standard InChI is InChI=1S/C9H17NO/c1-3-7(2)8(11)9(10)5-4-6-9/h7H,3-6,10H2,1-2H3. The molecule has 0 bridgehead atoms. The van der Waals surface area contributed by atoms with E-state index in [9.17, 15) is 4.79 Å². The molecule has 11 heavy (non-hydrogen) atoms. The van der Waals surface area contributed by atoms with Crippen LogP contribution in [-0.2, 0) is 4.79 Å². The van der Waals surface area contributed by atoms with Gasteiger partial charge in [0, 0.05) is 5.92 Å². The van der Waals surface area contributed by atoms with Gasteiger partial charge >= 0.3 is 0 Å². The number of nitrogens with two attached hydrogens (primary N) is 1. The second-order valence-electron chi connectivity index (χ2n) is 3.68. The van der Waals surface area contributed by atoms with Gasteiger partial charge in [-0.05, 0) is 25.7 Å². The molecule has 0 heterocycles. The third kappa shape index (κ3) is 1.45. The summed E-state index contributed by atoms with van der Waals surface area (Å²) < 4.78 is 0. The highest BCUT2D eigenvalue weighted by molar-refractivity contribution is 5.90. The molecule has 1 rings (SSSR count). The van der Waals surface area contributed by atoms with Crippen molar-refractivity contribution in [3.8, 4) is 0 Å². The number of carbonyl (C=O) groups excluding carboxylic acids is 1. The van der Waals surface area contributed by atoms with E-state index in [4.69, 9.17) is 5.73 Å². The van der Waals surface area contributed by atoms with Crippen molar-refractivity contribution >= 4 is 5.78 Å². The predicted octanol–water partition coefficient (Wildman–Crippen LogP) is 1.48. The highest BCUT2D eigenvalue weighted by Crippen LogP contribution is 2.32. The first-order valence-electron chi connectivity index (χ1n) is 4.43. The van der Waals surface area contributed by atoms with Gasteiger partial charge in [-0.2, -0.15) is 0 Å². The highest BCUT2D eigenvalue weighted by Gasteiger charge is 2.41. The van der Waals surface area contributed by atoms with Crippen LogP contribution in [0.5, 0.6) is 0 Å². The Morgan fingerprint density at radius 3 is 2.45 bits per heavy atom. The number of hydrogen-bond donors (Lipinski definition) is 1. The topological polar surface area (TPSA) is 43.1 Å². The molecule has 0 radical (unpaired) electrons. The van der Waals surface area contributed by atoms with Crippen LogP contribution in [-0.4, -0.2) is 11.3 Å². The van der Waals surface area contributed by atoms with Crippen molar-refractivity contribution in [2.45, 2.75) is 45.1 Å². The largest absolute Gasteiger partial charge is 0.319 e. The summed E-state index contributed by atoms with van der Waals surface area (Å²) in [7, 11) is 0. The van der Waals surface area contributed by atoms with Crippen LogP contribution in [0.1, 0.15) is 39.5 Å². The first-order chi connectivity index (χ1) is 5.10. The van der Waals surface area contributed by atoms with Gasteiger partial charge in [0.25, 0.3) is 0 Å². The molecule has 1 unspecified atom stereocenters. The molecule has 0 saturated heterocycles. The molecule has 1 atom stereocenters.